The first-order chi connectivity index (χ1) is 8.38. The third-order valence-corrected chi connectivity index (χ3v) is 3.02. The van der Waals surface area contributed by atoms with E-state index in [0.717, 1.165) is 5.69 Å². The number of aryl methyl sites for hydroxylation is 2. The van der Waals surface area contributed by atoms with Crippen LogP contribution in [-0.2, 0) is 9.59 Å². The summed E-state index contributed by atoms with van der Waals surface area (Å²) >= 11 is 1.28. The van der Waals surface area contributed by atoms with Crippen molar-refractivity contribution in [3.05, 3.63) is 17.6 Å². The predicted molar refractivity (Wildman–Crippen MR) is 67.5 cm³/mol. The van der Waals surface area contributed by atoms with Crippen molar-refractivity contribution in [3.8, 4) is 0 Å². The van der Waals surface area contributed by atoms with Crippen LogP contribution in [0.1, 0.15) is 18.4 Å². The van der Waals surface area contributed by atoms with Crippen LogP contribution in [0.25, 0.3) is 0 Å². The summed E-state index contributed by atoms with van der Waals surface area (Å²) in [5, 5.41) is 12.0. The second kappa shape index (κ2) is 6.34. The average Bonchev–Trinajstić information content (AvgIpc) is 2.21. The highest BCUT2D eigenvalue weighted by Gasteiger charge is 2.18. The highest BCUT2D eigenvalue weighted by molar-refractivity contribution is 7.99. The molecule has 1 aromatic rings. The first kappa shape index (κ1) is 14.4. The van der Waals surface area contributed by atoms with Gasteiger partial charge in [-0.1, -0.05) is 0 Å². The largest absolute Gasteiger partial charge is 0.480 e. The number of rotatable bonds is 5. The van der Waals surface area contributed by atoms with Crippen molar-refractivity contribution in [2.24, 2.45) is 0 Å². The maximum Gasteiger partial charge on any atom is 0.327 e. The van der Waals surface area contributed by atoms with Gasteiger partial charge in [0.05, 0.1) is 0 Å². The molecule has 0 radical (unpaired) electrons. The molecular formula is C11H15N3O3S. The number of aliphatic carboxylic acids is 1. The second-order valence-electron chi connectivity index (χ2n) is 3.80. The van der Waals surface area contributed by atoms with Crippen LogP contribution >= 0.6 is 11.8 Å². The molecule has 0 saturated carbocycles. The number of carbonyl (C=O) groups is 2. The van der Waals surface area contributed by atoms with Crippen molar-refractivity contribution in [3.63, 3.8) is 0 Å². The Balaban J connectivity index is 2.66. The fraction of sp³-hybridized carbons (Fsp3) is 0.455. The van der Waals surface area contributed by atoms with Crippen molar-refractivity contribution < 1.29 is 14.7 Å². The number of thioether (sulfide) groups is 1. The van der Waals surface area contributed by atoms with E-state index in [1.165, 1.54) is 18.7 Å². The van der Waals surface area contributed by atoms with E-state index in [1.54, 1.807) is 13.0 Å². The summed E-state index contributed by atoms with van der Waals surface area (Å²) in [4.78, 5) is 30.1. The van der Waals surface area contributed by atoms with Crippen LogP contribution in [-0.4, -0.2) is 38.7 Å². The Morgan fingerprint density at radius 3 is 2.61 bits per heavy atom. The number of hydrogen-bond acceptors (Lipinski definition) is 5. The van der Waals surface area contributed by atoms with Gasteiger partial charge >= 0.3 is 5.97 Å². The summed E-state index contributed by atoms with van der Waals surface area (Å²) in [6, 6.07) is 0.868. The Kier molecular flexibility index (Phi) is 5.08. The highest BCUT2D eigenvalue weighted by Crippen LogP contribution is 2.17. The smallest absolute Gasteiger partial charge is 0.327 e. The van der Waals surface area contributed by atoms with Crippen molar-refractivity contribution in [2.75, 3.05) is 5.75 Å². The number of carbonyl (C=O) groups excluding carboxylic acids is 1. The molecule has 0 aliphatic rings. The summed E-state index contributed by atoms with van der Waals surface area (Å²) in [5.41, 5.74) is 0.830. The lowest BCUT2D eigenvalue weighted by atomic mass is 10.3. The molecule has 1 heterocycles. The molecule has 7 heteroatoms. The molecule has 0 bridgehead atoms. The summed E-state index contributed by atoms with van der Waals surface area (Å²) in [5.74, 6) is -0.549. The fourth-order valence-electron chi connectivity index (χ4n) is 1.35. The van der Waals surface area contributed by atoms with E-state index in [0.29, 0.717) is 10.9 Å². The minimum absolute atomic E-state index is 0.227. The van der Waals surface area contributed by atoms with Gasteiger partial charge in [-0.15, -0.1) is 11.8 Å². The van der Waals surface area contributed by atoms with Gasteiger partial charge in [-0.3, -0.25) is 4.79 Å². The Morgan fingerprint density at radius 2 is 2.11 bits per heavy atom. The van der Waals surface area contributed by atoms with Crippen LogP contribution in [0.4, 0.5) is 0 Å². The lowest BCUT2D eigenvalue weighted by Gasteiger charge is -2.12. The lowest BCUT2D eigenvalue weighted by molar-refractivity contribution is -0.140. The van der Waals surface area contributed by atoms with Crippen LogP contribution in [0.2, 0.25) is 0 Å². The minimum Gasteiger partial charge on any atom is -0.480 e. The number of aromatic nitrogens is 2. The molecule has 0 aliphatic carbocycles. The van der Waals surface area contributed by atoms with E-state index >= 15 is 0 Å². The van der Waals surface area contributed by atoms with Gasteiger partial charge in [-0.05, 0) is 19.9 Å². The number of nitrogens with zero attached hydrogens (tertiary/aromatic N) is 2. The average molecular weight is 269 g/mol. The molecule has 18 heavy (non-hydrogen) atoms. The van der Waals surface area contributed by atoms with Crippen molar-refractivity contribution in [1.82, 2.24) is 15.3 Å². The summed E-state index contributed by atoms with van der Waals surface area (Å²) in [6.45, 7) is 4.92. The number of carboxylic acid groups (broad SMARTS) is 1. The van der Waals surface area contributed by atoms with Gasteiger partial charge in [0.2, 0.25) is 5.91 Å². The first-order valence-corrected chi connectivity index (χ1v) is 6.32. The molecule has 0 spiro atoms. The zero-order valence-corrected chi connectivity index (χ0v) is 11.2. The van der Waals surface area contributed by atoms with Gasteiger partial charge in [-0.25, -0.2) is 14.8 Å². The molecule has 0 fully saturated rings. The van der Waals surface area contributed by atoms with Crippen LogP contribution < -0.4 is 5.32 Å². The van der Waals surface area contributed by atoms with Crippen LogP contribution in [0.5, 0.6) is 0 Å². The zero-order valence-electron chi connectivity index (χ0n) is 10.4. The summed E-state index contributed by atoms with van der Waals surface area (Å²) in [6.07, 6.45) is 0. The van der Waals surface area contributed by atoms with E-state index in [-0.39, 0.29) is 11.7 Å². The number of hydrogen-bond donors (Lipinski definition) is 2. The topological polar surface area (TPSA) is 92.2 Å². The molecule has 0 aromatic carbocycles. The molecule has 0 saturated heterocycles. The van der Waals surface area contributed by atoms with Crippen LogP contribution in [0.3, 0.4) is 0 Å². The normalized spacial score (nSPS) is 11.9. The van der Waals surface area contributed by atoms with Crippen molar-refractivity contribution in [1.29, 1.82) is 0 Å². The Morgan fingerprint density at radius 1 is 1.44 bits per heavy atom. The molecule has 1 aromatic heterocycles. The SMILES string of the molecule is CC(=O)NC(CSc1cc(C)nc(C)n1)C(=O)O. The van der Waals surface area contributed by atoms with Gasteiger partial charge in [0.1, 0.15) is 16.9 Å². The van der Waals surface area contributed by atoms with E-state index in [9.17, 15) is 9.59 Å². The first-order valence-electron chi connectivity index (χ1n) is 5.33. The van der Waals surface area contributed by atoms with Gasteiger partial charge in [0, 0.05) is 18.4 Å². The number of amides is 1. The minimum atomic E-state index is -1.06. The molecule has 98 valence electrons. The number of nitrogens with one attached hydrogen (secondary N) is 1. The standard InChI is InChI=1S/C11H15N3O3S/c1-6-4-10(13-7(2)12-6)18-5-9(11(16)17)14-8(3)15/h4,9H,5H2,1-3H3,(H,14,15)(H,16,17). The number of carboxylic acids is 1. The quantitative estimate of drug-likeness (QED) is 0.606. The van der Waals surface area contributed by atoms with E-state index in [2.05, 4.69) is 15.3 Å². The zero-order chi connectivity index (χ0) is 13.7. The van der Waals surface area contributed by atoms with Gasteiger partial charge in [0.15, 0.2) is 0 Å². The van der Waals surface area contributed by atoms with Crippen molar-refractivity contribution >= 4 is 23.6 Å². The Labute approximate surface area is 109 Å². The third-order valence-electron chi connectivity index (χ3n) is 2.02. The molecular weight excluding hydrogens is 254 g/mol. The predicted octanol–water partition coefficient (Wildman–Crippen LogP) is 0.775. The maximum absolute atomic E-state index is 10.9. The van der Waals surface area contributed by atoms with Gasteiger partial charge in [-0.2, -0.15) is 0 Å². The molecule has 1 rings (SSSR count). The van der Waals surface area contributed by atoms with Crippen LogP contribution in [0.15, 0.2) is 11.1 Å². The molecule has 1 atom stereocenters. The van der Waals surface area contributed by atoms with Gasteiger partial charge in [0.25, 0.3) is 0 Å². The Bertz CT molecular complexity index is 445. The fourth-order valence-corrected chi connectivity index (χ4v) is 2.36. The lowest BCUT2D eigenvalue weighted by Crippen LogP contribution is -2.41. The molecule has 2 N–H and O–H groups in total. The summed E-state index contributed by atoms with van der Waals surface area (Å²) in [7, 11) is 0. The second-order valence-corrected chi connectivity index (χ2v) is 4.84. The molecule has 1 unspecified atom stereocenters. The maximum atomic E-state index is 10.9. The van der Waals surface area contributed by atoms with Crippen molar-refractivity contribution in [2.45, 2.75) is 31.8 Å². The molecule has 1 amide bonds. The van der Waals surface area contributed by atoms with E-state index in [1.807, 2.05) is 6.92 Å². The third kappa shape index (κ3) is 4.70. The van der Waals surface area contributed by atoms with Gasteiger partial charge < -0.3 is 10.4 Å². The summed E-state index contributed by atoms with van der Waals surface area (Å²) < 4.78 is 0. The Hall–Kier alpha value is -1.63. The molecule has 0 aliphatic heterocycles. The van der Waals surface area contributed by atoms with Crippen LogP contribution in [0, 0.1) is 13.8 Å². The van der Waals surface area contributed by atoms with E-state index < -0.39 is 12.0 Å². The van der Waals surface area contributed by atoms with E-state index in [4.69, 9.17) is 5.11 Å². The monoisotopic (exact) mass is 269 g/mol. The highest BCUT2D eigenvalue weighted by atomic mass is 32.2. The molecule has 6 nitrogen and oxygen atoms in total.